The molecule has 0 heteroatoms. The molecule has 0 saturated heterocycles. The van der Waals surface area contributed by atoms with E-state index in [1.165, 1.54) is 50.9 Å². The lowest BCUT2D eigenvalue weighted by Crippen LogP contribution is -2.03. The molecule has 0 nitrogen and oxygen atoms in total. The zero-order chi connectivity index (χ0) is 22.2. The Balaban J connectivity index is 1.87. The molecule has 0 aliphatic carbocycles. The summed E-state index contributed by atoms with van der Waals surface area (Å²) < 4.78 is 0. The first-order valence-electron chi connectivity index (χ1n) is 12.1. The van der Waals surface area contributed by atoms with Crippen LogP contribution in [0.15, 0.2) is 97.1 Å². The van der Waals surface area contributed by atoms with Gasteiger partial charge < -0.3 is 0 Å². The maximum Gasteiger partial charge on any atom is -0.00168 e. The average Bonchev–Trinajstić information content (AvgIpc) is 2.82. The minimum atomic E-state index is 0.961. The van der Waals surface area contributed by atoms with E-state index in [0.29, 0.717) is 0 Å². The number of rotatable bonds is 9. The van der Waals surface area contributed by atoms with E-state index in [1.54, 1.807) is 0 Å². The lowest BCUT2D eigenvalue weighted by Gasteiger charge is -2.19. The topological polar surface area (TPSA) is 0 Å². The highest BCUT2D eigenvalue weighted by Crippen LogP contribution is 2.33. The Morgan fingerprint density at radius 3 is 1.75 bits per heavy atom. The van der Waals surface area contributed by atoms with Crippen molar-refractivity contribution in [3.05, 3.63) is 130 Å². The van der Waals surface area contributed by atoms with Crippen LogP contribution >= 0.6 is 0 Å². The summed E-state index contributed by atoms with van der Waals surface area (Å²) in [5, 5.41) is 0. The molecule has 0 aliphatic rings. The molecule has 0 N–H and O–H groups in total. The summed E-state index contributed by atoms with van der Waals surface area (Å²) in [7, 11) is 0. The predicted molar refractivity (Wildman–Crippen MR) is 138 cm³/mol. The molecular weight excluding hydrogens is 384 g/mol. The third kappa shape index (κ3) is 5.56. The monoisotopic (exact) mass is 418 g/mol. The highest BCUT2D eigenvalue weighted by atomic mass is 14.2. The van der Waals surface area contributed by atoms with Crippen LogP contribution in [0.1, 0.15) is 60.1 Å². The van der Waals surface area contributed by atoms with Gasteiger partial charge in [0.15, 0.2) is 0 Å². The van der Waals surface area contributed by atoms with Crippen molar-refractivity contribution in [3.63, 3.8) is 0 Å². The summed E-state index contributed by atoms with van der Waals surface area (Å²) in [6, 6.07) is 36.0. The fourth-order valence-corrected chi connectivity index (χ4v) is 4.65. The molecule has 0 spiro atoms. The summed E-state index contributed by atoms with van der Waals surface area (Å²) in [6.45, 7) is 4.53. The molecule has 0 aliphatic heterocycles. The van der Waals surface area contributed by atoms with E-state index in [4.69, 9.17) is 0 Å². The molecule has 0 unspecified atom stereocenters. The molecule has 162 valence electrons. The van der Waals surface area contributed by atoms with Gasteiger partial charge in [-0.05, 0) is 70.2 Å². The summed E-state index contributed by atoms with van der Waals surface area (Å²) in [5.74, 6) is 0. The Morgan fingerprint density at radius 2 is 1.09 bits per heavy atom. The molecule has 32 heavy (non-hydrogen) atoms. The van der Waals surface area contributed by atoms with Gasteiger partial charge in [0.25, 0.3) is 0 Å². The van der Waals surface area contributed by atoms with Crippen molar-refractivity contribution in [1.82, 2.24) is 0 Å². The molecule has 0 saturated carbocycles. The quantitative estimate of drug-likeness (QED) is 0.256. The third-order valence-corrected chi connectivity index (χ3v) is 6.18. The highest BCUT2D eigenvalue weighted by molar-refractivity contribution is 5.71. The second-order valence-corrected chi connectivity index (χ2v) is 8.81. The largest absolute Gasteiger partial charge is 0.0651 e. The van der Waals surface area contributed by atoms with E-state index in [0.717, 1.165) is 32.1 Å². The second-order valence-electron chi connectivity index (χ2n) is 8.81. The van der Waals surface area contributed by atoms with E-state index < -0.39 is 0 Å². The van der Waals surface area contributed by atoms with Crippen LogP contribution < -0.4 is 0 Å². The fraction of sp³-hybridized carbons (Fsp3) is 0.250. The zero-order valence-corrected chi connectivity index (χ0v) is 19.5. The summed E-state index contributed by atoms with van der Waals surface area (Å²) in [4.78, 5) is 0. The maximum atomic E-state index is 2.47. The Bertz CT molecular complexity index is 1120. The molecule has 4 aromatic carbocycles. The summed E-state index contributed by atoms with van der Waals surface area (Å²) in [6.07, 6.45) is 6.53. The normalized spacial score (nSPS) is 10.9. The minimum Gasteiger partial charge on any atom is -0.0651 e. The van der Waals surface area contributed by atoms with E-state index >= 15 is 0 Å². The van der Waals surface area contributed by atoms with Crippen molar-refractivity contribution in [2.75, 3.05) is 0 Å². The number of aryl methyl sites for hydroxylation is 2. The minimum absolute atomic E-state index is 0.961. The standard InChI is InChI=1S/C32H34/c1-3-12-25-18-11-19-29(20-25)31-24-28(13-4-2)22-30(21-26-14-7-5-8-15-26)32(31)23-27-16-9-6-10-17-27/h5-11,14-20,22,24H,3-4,12-13,21,23H2,1-2H3. The van der Waals surface area contributed by atoms with E-state index in [2.05, 4.69) is 111 Å². The van der Waals surface area contributed by atoms with E-state index in [1.807, 2.05) is 0 Å². The fourth-order valence-electron chi connectivity index (χ4n) is 4.65. The molecule has 0 atom stereocenters. The lowest BCUT2D eigenvalue weighted by atomic mass is 9.85. The Labute approximate surface area is 194 Å². The first-order valence-corrected chi connectivity index (χ1v) is 12.1. The number of hydrogen-bond acceptors (Lipinski definition) is 0. The van der Waals surface area contributed by atoms with Crippen LogP contribution in [0.25, 0.3) is 11.1 Å². The summed E-state index contributed by atoms with van der Waals surface area (Å²) in [5.41, 5.74) is 11.3. The van der Waals surface area contributed by atoms with Gasteiger partial charge in [-0.3, -0.25) is 0 Å². The molecule has 0 radical (unpaired) electrons. The highest BCUT2D eigenvalue weighted by Gasteiger charge is 2.14. The van der Waals surface area contributed by atoms with Crippen LogP contribution in [0.4, 0.5) is 0 Å². The van der Waals surface area contributed by atoms with Crippen LogP contribution in [0, 0.1) is 0 Å². The van der Waals surface area contributed by atoms with Gasteiger partial charge in [0.05, 0.1) is 0 Å². The first kappa shape index (κ1) is 22.1. The number of hydrogen-bond donors (Lipinski definition) is 0. The van der Waals surface area contributed by atoms with Crippen molar-refractivity contribution in [3.8, 4) is 11.1 Å². The Kier molecular flexibility index (Phi) is 7.56. The maximum absolute atomic E-state index is 2.47. The molecule has 0 heterocycles. The van der Waals surface area contributed by atoms with E-state index in [-0.39, 0.29) is 0 Å². The van der Waals surface area contributed by atoms with Crippen LogP contribution in [0.2, 0.25) is 0 Å². The van der Waals surface area contributed by atoms with Crippen LogP contribution in [0.5, 0.6) is 0 Å². The van der Waals surface area contributed by atoms with Gasteiger partial charge in [-0.25, -0.2) is 0 Å². The second kappa shape index (κ2) is 11.0. The van der Waals surface area contributed by atoms with Crippen molar-refractivity contribution in [1.29, 1.82) is 0 Å². The SMILES string of the molecule is CCCc1cccc(-c2cc(CCC)cc(Cc3ccccc3)c2Cc2ccccc2)c1. The molecule has 4 rings (SSSR count). The number of benzene rings is 4. The first-order chi connectivity index (χ1) is 15.8. The molecule has 0 amide bonds. The van der Waals surface area contributed by atoms with Crippen molar-refractivity contribution < 1.29 is 0 Å². The zero-order valence-electron chi connectivity index (χ0n) is 19.5. The van der Waals surface area contributed by atoms with Crippen LogP contribution in [0.3, 0.4) is 0 Å². The van der Waals surface area contributed by atoms with Gasteiger partial charge >= 0.3 is 0 Å². The molecule has 4 aromatic rings. The van der Waals surface area contributed by atoms with Crippen LogP contribution in [-0.4, -0.2) is 0 Å². The molecule has 0 aromatic heterocycles. The lowest BCUT2D eigenvalue weighted by molar-refractivity contribution is 0.914. The molecule has 0 fully saturated rings. The predicted octanol–water partition coefficient (Wildman–Crippen LogP) is 8.44. The van der Waals surface area contributed by atoms with Crippen molar-refractivity contribution in [2.24, 2.45) is 0 Å². The third-order valence-electron chi connectivity index (χ3n) is 6.18. The summed E-state index contributed by atoms with van der Waals surface area (Å²) >= 11 is 0. The molecule has 0 bridgehead atoms. The van der Waals surface area contributed by atoms with Gasteiger partial charge in [0, 0.05) is 0 Å². The smallest absolute Gasteiger partial charge is 0.00168 e. The van der Waals surface area contributed by atoms with Gasteiger partial charge in [0.1, 0.15) is 0 Å². The Morgan fingerprint density at radius 1 is 0.500 bits per heavy atom. The van der Waals surface area contributed by atoms with Crippen molar-refractivity contribution in [2.45, 2.75) is 52.4 Å². The molecular formula is C32H34. The average molecular weight is 419 g/mol. The van der Waals surface area contributed by atoms with Crippen LogP contribution in [-0.2, 0) is 25.7 Å². The van der Waals surface area contributed by atoms with Gasteiger partial charge in [-0.1, -0.05) is 124 Å². The van der Waals surface area contributed by atoms with Gasteiger partial charge in [-0.15, -0.1) is 0 Å². The van der Waals surface area contributed by atoms with Gasteiger partial charge in [0.2, 0.25) is 0 Å². The van der Waals surface area contributed by atoms with Crippen molar-refractivity contribution >= 4 is 0 Å². The van der Waals surface area contributed by atoms with E-state index in [9.17, 15) is 0 Å². The van der Waals surface area contributed by atoms with Gasteiger partial charge in [-0.2, -0.15) is 0 Å². The Hall–Kier alpha value is -3.12.